The Morgan fingerprint density at radius 3 is 2.38 bits per heavy atom. The predicted molar refractivity (Wildman–Crippen MR) is 74.4 cm³/mol. The molecule has 0 saturated heterocycles. The number of halogens is 1. The van der Waals surface area contributed by atoms with Gasteiger partial charge in [-0.3, -0.25) is 0 Å². The molecule has 0 amide bonds. The maximum absolute atomic E-state index is 6.22. The summed E-state index contributed by atoms with van der Waals surface area (Å²) in [4.78, 5) is 1.35. The monoisotopic (exact) mass is 257 g/mol. The summed E-state index contributed by atoms with van der Waals surface area (Å²) in [6, 6.07) is 9.05. The lowest BCUT2D eigenvalue weighted by atomic mass is 9.78. The van der Waals surface area contributed by atoms with E-state index < -0.39 is 0 Å². The highest BCUT2D eigenvalue weighted by Crippen LogP contribution is 2.36. The second-order valence-electron chi connectivity index (χ2n) is 4.22. The molecule has 1 aliphatic carbocycles. The van der Waals surface area contributed by atoms with Crippen molar-refractivity contribution >= 4 is 24.2 Å². The van der Waals surface area contributed by atoms with Crippen LogP contribution < -0.4 is 5.73 Å². The van der Waals surface area contributed by atoms with E-state index in [0.717, 1.165) is 11.7 Å². The van der Waals surface area contributed by atoms with Crippen molar-refractivity contribution in [3.05, 3.63) is 29.8 Å². The Labute approximate surface area is 109 Å². The van der Waals surface area contributed by atoms with Crippen LogP contribution in [-0.2, 0) is 0 Å². The van der Waals surface area contributed by atoms with Crippen LogP contribution in [0.4, 0.5) is 0 Å². The summed E-state index contributed by atoms with van der Waals surface area (Å²) in [6.45, 7) is 2.18. The molecule has 1 saturated carbocycles. The van der Waals surface area contributed by atoms with E-state index in [2.05, 4.69) is 31.2 Å². The van der Waals surface area contributed by atoms with Crippen molar-refractivity contribution in [2.75, 3.05) is 5.75 Å². The molecule has 90 valence electrons. The quantitative estimate of drug-likeness (QED) is 0.825. The van der Waals surface area contributed by atoms with Gasteiger partial charge in [-0.1, -0.05) is 25.5 Å². The lowest BCUT2D eigenvalue weighted by Crippen LogP contribution is -2.26. The Hall–Kier alpha value is -0.180. The van der Waals surface area contributed by atoms with Gasteiger partial charge in [-0.2, -0.15) is 0 Å². The maximum atomic E-state index is 6.22. The topological polar surface area (TPSA) is 26.0 Å². The largest absolute Gasteiger partial charge is 0.324 e. The van der Waals surface area contributed by atoms with Gasteiger partial charge in [0.25, 0.3) is 0 Å². The van der Waals surface area contributed by atoms with Crippen LogP contribution in [0, 0.1) is 5.92 Å². The third kappa shape index (κ3) is 3.16. The van der Waals surface area contributed by atoms with Gasteiger partial charge in [0.05, 0.1) is 0 Å². The van der Waals surface area contributed by atoms with Crippen molar-refractivity contribution < 1.29 is 0 Å². The summed E-state index contributed by atoms with van der Waals surface area (Å²) in [5.41, 5.74) is 7.52. The first kappa shape index (κ1) is 13.9. The van der Waals surface area contributed by atoms with Gasteiger partial charge in [-0.15, -0.1) is 24.2 Å². The molecule has 2 N–H and O–H groups in total. The van der Waals surface area contributed by atoms with Crippen LogP contribution in [0.25, 0.3) is 0 Å². The van der Waals surface area contributed by atoms with Crippen molar-refractivity contribution in [3.63, 3.8) is 0 Å². The summed E-state index contributed by atoms with van der Waals surface area (Å²) < 4.78 is 0. The van der Waals surface area contributed by atoms with Crippen LogP contribution in [0.3, 0.4) is 0 Å². The van der Waals surface area contributed by atoms with Gasteiger partial charge in [-0.25, -0.2) is 0 Å². The Morgan fingerprint density at radius 1 is 1.31 bits per heavy atom. The Kier molecular flexibility index (Phi) is 5.67. The second-order valence-corrected chi connectivity index (χ2v) is 5.56. The number of nitrogens with two attached hydrogens (primary N) is 1. The van der Waals surface area contributed by atoms with E-state index in [-0.39, 0.29) is 18.4 Å². The molecule has 1 aromatic carbocycles. The van der Waals surface area contributed by atoms with Crippen LogP contribution in [0.2, 0.25) is 0 Å². The molecule has 3 heteroatoms. The Morgan fingerprint density at radius 2 is 1.94 bits per heavy atom. The number of hydrogen-bond donors (Lipinski definition) is 1. The van der Waals surface area contributed by atoms with E-state index in [1.807, 2.05) is 11.8 Å². The maximum Gasteiger partial charge on any atom is 0.0323 e. The van der Waals surface area contributed by atoms with Gasteiger partial charge in [0, 0.05) is 10.9 Å². The van der Waals surface area contributed by atoms with E-state index in [9.17, 15) is 0 Å². The molecule has 0 bridgehead atoms. The molecule has 0 spiro atoms. The molecular formula is C13H20ClNS. The molecule has 1 aliphatic rings. The second kappa shape index (κ2) is 6.53. The van der Waals surface area contributed by atoms with Gasteiger partial charge in [0.1, 0.15) is 0 Å². The zero-order valence-corrected chi connectivity index (χ0v) is 11.3. The first-order chi connectivity index (χ1) is 7.31. The van der Waals surface area contributed by atoms with Gasteiger partial charge in [0.2, 0.25) is 0 Å². The summed E-state index contributed by atoms with van der Waals surface area (Å²) in [7, 11) is 0. The molecule has 1 nitrogen and oxygen atoms in total. The lowest BCUT2D eigenvalue weighted by molar-refractivity contribution is 0.264. The van der Waals surface area contributed by atoms with Crippen LogP contribution in [0.15, 0.2) is 29.2 Å². The van der Waals surface area contributed by atoms with Gasteiger partial charge < -0.3 is 5.73 Å². The molecule has 0 heterocycles. The number of benzene rings is 1. The third-order valence-electron chi connectivity index (χ3n) is 3.23. The molecule has 1 atom stereocenters. The Balaban J connectivity index is 0.00000128. The van der Waals surface area contributed by atoms with Crippen molar-refractivity contribution in [1.82, 2.24) is 0 Å². The van der Waals surface area contributed by atoms with E-state index in [4.69, 9.17) is 5.73 Å². The minimum Gasteiger partial charge on any atom is -0.324 e. The molecule has 0 unspecified atom stereocenters. The Bertz CT molecular complexity index is 308. The SMILES string of the molecule is CCSc1ccc([C@@H](N)C2CCC2)cc1.Cl. The molecule has 2 rings (SSSR count). The van der Waals surface area contributed by atoms with Crippen LogP contribution in [0.1, 0.15) is 37.8 Å². The summed E-state index contributed by atoms with van der Waals surface area (Å²) >= 11 is 1.88. The number of thioether (sulfide) groups is 1. The van der Waals surface area contributed by atoms with Crippen LogP contribution in [0.5, 0.6) is 0 Å². The molecule has 0 radical (unpaired) electrons. The molecular weight excluding hydrogens is 238 g/mol. The summed E-state index contributed by atoms with van der Waals surface area (Å²) in [6.07, 6.45) is 3.99. The van der Waals surface area contributed by atoms with Crippen LogP contribution in [-0.4, -0.2) is 5.75 Å². The number of hydrogen-bond acceptors (Lipinski definition) is 2. The first-order valence-corrected chi connectivity index (χ1v) is 6.78. The third-order valence-corrected chi connectivity index (χ3v) is 4.13. The molecule has 0 aromatic heterocycles. The van der Waals surface area contributed by atoms with Crippen molar-refractivity contribution in [1.29, 1.82) is 0 Å². The standard InChI is InChI=1S/C13H19NS.ClH/c1-2-15-12-8-6-11(7-9-12)13(14)10-4-3-5-10;/h6-10,13H,2-5,14H2,1H3;1H/t13-;/m0./s1. The lowest BCUT2D eigenvalue weighted by Gasteiger charge is -2.31. The van der Waals surface area contributed by atoms with Gasteiger partial charge in [0.15, 0.2) is 0 Å². The normalized spacial score (nSPS) is 17.4. The highest BCUT2D eigenvalue weighted by atomic mass is 35.5. The smallest absolute Gasteiger partial charge is 0.0323 e. The fourth-order valence-corrected chi connectivity index (χ4v) is 2.69. The van der Waals surface area contributed by atoms with E-state index >= 15 is 0 Å². The van der Waals surface area contributed by atoms with Crippen LogP contribution >= 0.6 is 24.2 Å². The van der Waals surface area contributed by atoms with E-state index in [1.54, 1.807) is 0 Å². The fourth-order valence-electron chi connectivity index (χ4n) is 2.02. The number of rotatable bonds is 4. The average Bonchev–Trinajstić information content (AvgIpc) is 2.16. The van der Waals surface area contributed by atoms with Crippen molar-refractivity contribution in [2.45, 2.75) is 37.1 Å². The highest BCUT2D eigenvalue weighted by Gasteiger charge is 2.25. The molecule has 1 fully saturated rings. The van der Waals surface area contributed by atoms with E-state index in [1.165, 1.54) is 29.7 Å². The van der Waals surface area contributed by atoms with E-state index in [0.29, 0.717) is 0 Å². The highest BCUT2D eigenvalue weighted by molar-refractivity contribution is 7.99. The van der Waals surface area contributed by atoms with Crippen molar-refractivity contribution in [3.8, 4) is 0 Å². The predicted octanol–water partition coefficient (Wildman–Crippen LogP) is 4.02. The zero-order valence-electron chi connectivity index (χ0n) is 9.69. The molecule has 1 aromatic rings. The minimum atomic E-state index is 0. The minimum absolute atomic E-state index is 0. The van der Waals surface area contributed by atoms with Crippen molar-refractivity contribution in [2.24, 2.45) is 11.7 Å². The summed E-state index contributed by atoms with van der Waals surface area (Å²) in [5.74, 6) is 1.86. The van der Waals surface area contributed by atoms with Gasteiger partial charge >= 0.3 is 0 Å². The van der Waals surface area contributed by atoms with Gasteiger partial charge in [-0.05, 0) is 42.2 Å². The molecule has 0 aliphatic heterocycles. The fraction of sp³-hybridized carbons (Fsp3) is 0.538. The molecule has 16 heavy (non-hydrogen) atoms. The first-order valence-electron chi connectivity index (χ1n) is 5.79. The average molecular weight is 258 g/mol. The summed E-state index contributed by atoms with van der Waals surface area (Å²) in [5, 5.41) is 0. The zero-order chi connectivity index (χ0) is 10.7.